The second kappa shape index (κ2) is 8.63. The van der Waals surface area contributed by atoms with Gasteiger partial charge in [-0.3, -0.25) is 24.5 Å². The number of benzene rings is 3. The van der Waals surface area contributed by atoms with Crippen molar-refractivity contribution in [3.05, 3.63) is 123 Å². The van der Waals surface area contributed by atoms with Crippen LogP contribution in [0.3, 0.4) is 0 Å². The highest BCUT2D eigenvalue weighted by atomic mass is 16.6. The molecule has 0 unspecified atom stereocenters. The third-order valence-electron chi connectivity index (χ3n) is 5.51. The van der Waals surface area contributed by atoms with Crippen LogP contribution in [0, 0.1) is 17.0 Å². The SMILES string of the molecule is Cc1cc2c(c(-c3cccc([N+](=O)[O-])c3)n1)c(=O)cc(Nc1ccccc1)n2-c1ccccc1. The van der Waals surface area contributed by atoms with E-state index in [4.69, 9.17) is 0 Å². The minimum absolute atomic E-state index is 0.0558. The van der Waals surface area contributed by atoms with Crippen LogP contribution in [0.1, 0.15) is 5.69 Å². The lowest BCUT2D eigenvalue weighted by molar-refractivity contribution is -0.384. The number of nitrogens with zero attached hydrogens (tertiary/aromatic N) is 3. The minimum atomic E-state index is -0.453. The maximum atomic E-state index is 13.5. The van der Waals surface area contributed by atoms with Crippen LogP contribution < -0.4 is 10.7 Å². The van der Waals surface area contributed by atoms with Crippen LogP contribution in [-0.2, 0) is 0 Å². The number of aryl methyl sites for hydroxylation is 1. The van der Waals surface area contributed by atoms with E-state index >= 15 is 0 Å². The molecule has 166 valence electrons. The molecule has 2 heterocycles. The number of nitro groups is 1. The van der Waals surface area contributed by atoms with Gasteiger partial charge in [-0.15, -0.1) is 0 Å². The lowest BCUT2D eigenvalue weighted by Gasteiger charge is -2.20. The molecule has 0 aliphatic heterocycles. The summed E-state index contributed by atoms with van der Waals surface area (Å²) in [6.45, 7) is 1.84. The number of fused-ring (bicyclic) bond motifs is 1. The number of para-hydroxylation sites is 2. The van der Waals surface area contributed by atoms with Crippen LogP contribution in [0.4, 0.5) is 17.2 Å². The second-order valence-electron chi connectivity index (χ2n) is 7.87. The molecule has 5 aromatic rings. The van der Waals surface area contributed by atoms with Gasteiger partial charge in [0.15, 0.2) is 5.43 Å². The van der Waals surface area contributed by atoms with Crippen molar-refractivity contribution in [3.8, 4) is 16.9 Å². The summed E-state index contributed by atoms with van der Waals surface area (Å²) in [4.78, 5) is 29.0. The molecule has 0 saturated carbocycles. The number of pyridine rings is 2. The minimum Gasteiger partial charge on any atom is -0.341 e. The standard InChI is InChI=1S/C27H20N4O3/c1-18-15-23-26(27(28-18)19-9-8-14-22(16-19)31(33)34)24(32)17-25(29-20-10-4-2-5-11-20)30(23)21-12-6-3-7-13-21/h2-17,29H,1H3. The Kier molecular flexibility index (Phi) is 5.35. The number of non-ortho nitro benzene ring substituents is 1. The molecule has 0 radical (unpaired) electrons. The van der Waals surface area contributed by atoms with Gasteiger partial charge in [-0.1, -0.05) is 48.5 Å². The van der Waals surface area contributed by atoms with Crippen molar-refractivity contribution in [1.82, 2.24) is 9.55 Å². The number of anilines is 2. The Labute approximate surface area is 195 Å². The zero-order chi connectivity index (χ0) is 23.7. The summed E-state index contributed by atoms with van der Waals surface area (Å²) >= 11 is 0. The Morgan fingerprint density at radius 1 is 0.882 bits per heavy atom. The summed E-state index contributed by atoms with van der Waals surface area (Å²) < 4.78 is 1.97. The first-order valence-electron chi connectivity index (χ1n) is 10.7. The second-order valence-corrected chi connectivity index (χ2v) is 7.87. The average Bonchev–Trinajstić information content (AvgIpc) is 2.85. The smallest absolute Gasteiger partial charge is 0.270 e. The van der Waals surface area contributed by atoms with Gasteiger partial charge in [0.2, 0.25) is 0 Å². The van der Waals surface area contributed by atoms with Crippen LogP contribution in [-0.4, -0.2) is 14.5 Å². The molecule has 2 aromatic heterocycles. The largest absolute Gasteiger partial charge is 0.341 e. The van der Waals surface area contributed by atoms with Gasteiger partial charge < -0.3 is 5.32 Å². The van der Waals surface area contributed by atoms with Crippen LogP contribution in [0.25, 0.3) is 27.8 Å². The number of hydrogen-bond acceptors (Lipinski definition) is 5. The van der Waals surface area contributed by atoms with Crippen molar-refractivity contribution in [1.29, 1.82) is 0 Å². The van der Waals surface area contributed by atoms with E-state index in [1.807, 2.05) is 78.2 Å². The predicted octanol–water partition coefficient (Wildman–Crippen LogP) is 6.01. The number of hydrogen-bond donors (Lipinski definition) is 1. The number of rotatable bonds is 5. The topological polar surface area (TPSA) is 90.1 Å². The van der Waals surface area contributed by atoms with E-state index in [1.165, 1.54) is 12.1 Å². The molecular formula is C27H20N4O3. The van der Waals surface area contributed by atoms with Crippen molar-refractivity contribution in [2.75, 3.05) is 5.32 Å². The van der Waals surface area contributed by atoms with Crippen molar-refractivity contribution < 1.29 is 4.92 Å². The van der Waals surface area contributed by atoms with Crippen LogP contribution >= 0.6 is 0 Å². The summed E-state index contributed by atoms with van der Waals surface area (Å²) in [6.07, 6.45) is 0. The molecule has 1 N–H and O–H groups in total. The predicted molar refractivity (Wildman–Crippen MR) is 134 cm³/mol. The summed E-state index contributed by atoms with van der Waals surface area (Å²) in [5, 5.41) is 15.1. The molecule has 0 atom stereocenters. The lowest BCUT2D eigenvalue weighted by Crippen LogP contribution is -2.14. The van der Waals surface area contributed by atoms with E-state index in [0.717, 1.165) is 11.4 Å². The fraction of sp³-hybridized carbons (Fsp3) is 0.0370. The molecule has 0 saturated heterocycles. The maximum Gasteiger partial charge on any atom is 0.270 e. The van der Waals surface area contributed by atoms with Crippen LogP contribution in [0.15, 0.2) is 102 Å². The zero-order valence-electron chi connectivity index (χ0n) is 18.3. The molecule has 0 aliphatic carbocycles. The van der Waals surface area contributed by atoms with E-state index in [2.05, 4.69) is 10.3 Å². The van der Waals surface area contributed by atoms with Gasteiger partial charge in [-0.2, -0.15) is 0 Å². The van der Waals surface area contributed by atoms with Crippen LogP contribution in [0.5, 0.6) is 0 Å². The Hall–Kier alpha value is -4.78. The highest BCUT2D eigenvalue weighted by Crippen LogP contribution is 2.32. The third kappa shape index (κ3) is 3.91. The highest BCUT2D eigenvalue weighted by Gasteiger charge is 2.18. The van der Waals surface area contributed by atoms with Gasteiger partial charge in [-0.05, 0) is 37.3 Å². The number of nitro benzene ring substituents is 1. The van der Waals surface area contributed by atoms with Gasteiger partial charge in [0.05, 0.1) is 21.5 Å². The number of nitrogens with one attached hydrogen (secondary N) is 1. The van der Waals surface area contributed by atoms with Gasteiger partial charge in [0, 0.05) is 40.8 Å². The number of aromatic nitrogens is 2. The van der Waals surface area contributed by atoms with E-state index in [9.17, 15) is 14.9 Å². The van der Waals surface area contributed by atoms with Crippen LogP contribution in [0.2, 0.25) is 0 Å². The summed E-state index contributed by atoms with van der Waals surface area (Å²) in [7, 11) is 0. The lowest BCUT2D eigenvalue weighted by atomic mass is 10.0. The first-order chi connectivity index (χ1) is 16.5. The summed E-state index contributed by atoms with van der Waals surface area (Å²) in [6, 6.07) is 28.9. The molecule has 0 amide bonds. The van der Waals surface area contributed by atoms with Crippen molar-refractivity contribution in [2.24, 2.45) is 0 Å². The zero-order valence-corrected chi connectivity index (χ0v) is 18.3. The molecule has 5 rings (SSSR count). The first kappa shape index (κ1) is 21.1. The molecule has 0 fully saturated rings. The van der Waals surface area contributed by atoms with E-state index in [-0.39, 0.29) is 11.1 Å². The maximum absolute atomic E-state index is 13.5. The molecule has 3 aromatic carbocycles. The normalized spacial score (nSPS) is 10.9. The molecule has 34 heavy (non-hydrogen) atoms. The van der Waals surface area contributed by atoms with Gasteiger partial charge in [-0.25, -0.2) is 0 Å². The highest BCUT2D eigenvalue weighted by molar-refractivity contribution is 5.95. The van der Waals surface area contributed by atoms with Crippen molar-refractivity contribution >= 4 is 28.1 Å². The average molecular weight is 448 g/mol. The first-order valence-corrected chi connectivity index (χ1v) is 10.7. The Morgan fingerprint density at radius 3 is 2.29 bits per heavy atom. The molecule has 7 nitrogen and oxygen atoms in total. The molecule has 7 heteroatoms. The van der Waals surface area contributed by atoms with Crippen molar-refractivity contribution in [2.45, 2.75) is 6.92 Å². The Morgan fingerprint density at radius 2 is 1.59 bits per heavy atom. The summed E-state index contributed by atoms with van der Waals surface area (Å²) in [5.74, 6) is 0.602. The molecular weight excluding hydrogens is 428 g/mol. The summed E-state index contributed by atoms with van der Waals surface area (Å²) in [5.41, 5.74) is 3.70. The Bertz CT molecular complexity index is 1580. The third-order valence-corrected chi connectivity index (χ3v) is 5.51. The molecule has 0 spiro atoms. The Balaban J connectivity index is 1.84. The quantitative estimate of drug-likeness (QED) is 0.263. The fourth-order valence-corrected chi connectivity index (χ4v) is 4.06. The van der Waals surface area contributed by atoms with E-state index in [1.54, 1.807) is 18.2 Å². The fourth-order valence-electron chi connectivity index (χ4n) is 4.06. The van der Waals surface area contributed by atoms with Crippen molar-refractivity contribution in [3.63, 3.8) is 0 Å². The van der Waals surface area contributed by atoms with Gasteiger partial charge >= 0.3 is 0 Å². The van der Waals surface area contributed by atoms with E-state index in [0.29, 0.717) is 33.7 Å². The molecule has 0 aliphatic rings. The van der Waals surface area contributed by atoms with Gasteiger partial charge in [0.25, 0.3) is 5.69 Å². The van der Waals surface area contributed by atoms with Gasteiger partial charge in [0.1, 0.15) is 5.82 Å². The molecule has 0 bridgehead atoms. The van der Waals surface area contributed by atoms with E-state index < -0.39 is 4.92 Å². The monoisotopic (exact) mass is 448 g/mol.